The third-order valence-corrected chi connectivity index (χ3v) is 2.59. The predicted octanol–water partition coefficient (Wildman–Crippen LogP) is 4.71. The first-order chi connectivity index (χ1) is 6.79. The summed E-state index contributed by atoms with van der Waals surface area (Å²) < 4.78 is 50.6. The van der Waals surface area contributed by atoms with Crippen LogP contribution in [0.15, 0.2) is 6.07 Å². The molecule has 0 saturated carbocycles. The summed E-state index contributed by atoms with van der Waals surface area (Å²) in [6, 6.07) is 0.557. The second-order valence-corrected chi connectivity index (χ2v) is 3.65. The Kier molecular flexibility index (Phi) is 3.51. The van der Waals surface area contributed by atoms with Crippen LogP contribution in [0.1, 0.15) is 18.1 Å². The van der Waals surface area contributed by atoms with Crippen molar-refractivity contribution in [2.75, 3.05) is 0 Å². The van der Waals surface area contributed by atoms with E-state index < -0.39 is 27.6 Å². The van der Waals surface area contributed by atoms with Crippen LogP contribution in [0.25, 0.3) is 0 Å². The Morgan fingerprint density at radius 2 is 1.80 bits per heavy atom. The van der Waals surface area contributed by atoms with Gasteiger partial charge in [0.15, 0.2) is 5.82 Å². The lowest BCUT2D eigenvalue weighted by atomic mass is 10.0. The van der Waals surface area contributed by atoms with Gasteiger partial charge in [0.05, 0.1) is 15.6 Å². The fourth-order valence-corrected chi connectivity index (χ4v) is 1.82. The normalized spacial score (nSPS) is 11.9. The molecule has 0 spiro atoms. The van der Waals surface area contributed by atoms with E-state index in [9.17, 15) is 17.6 Å². The van der Waals surface area contributed by atoms with Gasteiger partial charge in [0.2, 0.25) is 0 Å². The molecule has 0 atom stereocenters. The maximum atomic E-state index is 13.1. The van der Waals surface area contributed by atoms with E-state index in [1.54, 1.807) is 0 Å². The number of alkyl halides is 3. The van der Waals surface area contributed by atoms with Crippen LogP contribution in [0.2, 0.25) is 10.0 Å². The van der Waals surface area contributed by atoms with Crippen molar-refractivity contribution in [3.05, 3.63) is 33.1 Å². The van der Waals surface area contributed by atoms with E-state index in [0.29, 0.717) is 6.07 Å². The van der Waals surface area contributed by atoms with Gasteiger partial charge in [-0.15, -0.1) is 0 Å². The van der Waals surface area contributed by atoms with Gasteiger partial charge in [0, 0.05) is 0 Å². The molecular formula is C9H6Cl2F4. The molecule has 15 heavy (non-hydrogen) atoms. The molecule has 0 aromatic heterocycles. The summed E-state index contributed by atoms with van der Waals surface area (Å²) in [6.07, 6.45) is -4.59. The highest BCUT2D eigenvalue weighted by Gasteiger charge is 2.35. The summed E-state index contributed by atoms with van der Waals surface area (Å²) in [7, 11) is 0. The van der Waals surface area contributed by atoms with Crippen molar-refractivity contribution in [1.29, 1.82) is 0 Å². The number of hydrogen-bond donors (Lipinski definition) is 0. The second kappa shape index (κ2) is 4.18. The average molecular weight is 261 g/mol. The van der Waals surface area contributed by atoms with E-state index in [1.165, 1.54) is 6.92 Å². The van der Waals surface area contributed by atoms with Crippen molar-refractivity contribution < 1.29 is 17.6 Å². The summed E-state index contributed by atoms with van der Waals surface area (Å²) in [4.78, 5) is 0. The smallest absolute Gasteiger partial charge is 0.204 e. The van der Waals surface area contributed by atoms with Gasteiger partial charge in [0.1, 0.15) is 0 Å². The van der Waals surface area contributed by atoms with Gasteiger partial charge in [-0.2, -0.15) is 13.2 Å². The predicted molar refractivity (Wildman–Crippen MR) is 50.8 cm³/mol. The van der Waals surface area contributed by atoms with Crippen LogP contribution in [0.4, 0.5) is 17.6 Å². The van der Waals surface area contributed by atoms with Crippen molar-refractivity contribution >= 4 is 23.2 Å². The Morgan fingerprint density at radius 1 is 1.27 bits per heavy atom. The van der Waals surface area contributed by atoms with Gasteiger partial charge in [-0.3, -0.25) is 0 Å². The number of rotatable bonds is 1. The summed E-state index contributed by atoms with van der Waals surface area (Å²) in [5, 5.41) is -1.18. The molecule has 0 fully saturated rings. The first-order valence-electron chi connectivity index (χ1n) is 4.02. The van der Waals surface area contributed by atoms with Gasteiger partial charge in [-0.1, -0.05) is 30.1 Å². The van der Waals surface area contributed by atoms with E-state index in [0.717, 1.165) is 0 Å². The molecule has 0 amide bonds. The maximum absolute atomic E-state index is 13.1. The Morgan fingerprint density at radius 3 is 2.20 bits per heavy atom. The van der Waals surface area contributed by atoms with E-state index >= 15 is 0 Å². The van der Waals surface area contributed by atoms with Crippen molar-refractivity contribution in [1.82, 2.24) is 0 Å². The fraction of sp³-hybridized carbons (Fsp3) is 0.333. The molecule has 0 aliphatic rings. The first kappa shape index (κ1) is 12.6. The van der Waals surface area contributed by atoms with Gasteiger partial charge in [-0.25, -0.2) is 4.39 Å². The molecule has 0 radical (unpaired) electrons. The van der Waals surface area contributed by atoms with Gasteiger partial charge in [-0.05, 0) is 18.1 Å². The summed E-state index contributed by atoms with van der Waals surface area (Å²) in [5.41, 5.74) is -1.26. The minimum Gasteiger partial charge on any atom is -0.204 e. The lowest BCUT2D eigenvalue weighted by Crippen LogP contribution is -2.10. The number of halogens is 6. The molecule has 0 saturated heterocycles. The molecule has 0 bridgehead atoms. The van der Waals surface area contributed by atoms with Crippen molar-refractivity contribution in [2.45, 2.75) is 19.5 Å². The molecule has 6 heteroatoms. The zero-order chi connectivity index (χ0) is 11.8. The number of hydrogen-bond acceptors (Lipinski definition) is 0. The van der Waals surface area contributed by atoms with Gasteiger partial charge in [0.25, 0.3) is 0 Å². The third kappa shape index (κ3) is 2.37. The van der Waals surface area contributed by atoms with Crippen LogP contribution in [-0.2, 0) is 12.6 Å². The SMILES string of the molecule is CCc1c(C(F)(F)F)cc(Cl)c(F)c1Cl. The van der Waals surface area contributed by atoms with Crippen LogP contribution < -0.4 is 0 Å². The molecular weight excluding hydrogens is 255 g/mol. The lowest BCUT2D eigenvalue weighted by molar-refractivity contribution is -0.138. The average Bonchev–Trinajstić information content (AvgIpc) is 2.12. The van der Waals surface area contributed by atoms with Crippen molar-refractivity contribution in [2.24, 2.45) is 0 Å². The monoisotopic (exact) mass is 260 g/mol. The third-order valence-electron chi connectivity index (χ3n) is 1.92. The van der Waals surface area contributed by atoms with Crippen LogP contribution in [0.3, 0.4) is 0 Å². The van der Waals surface area contributed by atoms with Crippen LogP contribution >= 0.6 is 23.2 Å². The molecule has 84 valence electrons. The first-order valence-corrected chi connectivity index (χ1v) is 4.78. The minimum absolute atomic E-state index is 0.0121. The van der Waals surface area contributed by atoms with Gasteiger partial charge >= 0.3 is 6.18 Å². The summed E-state index contributed by atoms with van der Waals surface area (Å²) in [5.74, 6) is -1.01. The van der Waals surface area contributed by atoms with Gasteiger partial charge < -0.3 is 0 Å². The quantitative estimate of drug-likeness (QED) is 0.507. The van der Waals surface area contributed by atoms with E-state index in [4.69, 9.17) is 23.2 Å². The summed E-state index contributed by atoms with van der Waals surface area (Å²) >= 11 is 10.7. The molecule has 0 unspecified atom stereocenters. The van der Waals surface area contributed by atoms with Crippen molar-refractivity contribution in [3.63, 3.8) is 0 Å². The maximum Gasteiger partial charge on any atom is 0.416 e. The number of benzene rings is 1. The Labute approximate surface area is 93.8 Å². The molecule has 1 rings (SSSR count). The molecule has 0 heterocycles. The molecule has 0 aliphatic carbocycles. The molecule has 0 nitrogen and oxygen atoms in total. The van der Waals surface area contributed by atoms with Crippen LogP contribution in [0, 0.1) is 5.82 Å². The lowest BCUT2D eigenvalue weighted by Gasteiger charge is -2.14. The van der Waals surface area contributed by atoms with E-state index in [2.05, 4.69) is 0 Å². The standard InChI is InChI=1S/C9H6Cl2F4/c1-2-4-5(9(13,14)15)3-6(10)8(12)7(4)11/h3H,2H2,1H3. The summed E-state index contributed by atoms with van der Waals surface area (Å²) in [6.45, 7) is 1.46. The Hall–Kier alpha value is -0.480. The van der Waals surface area contributed by atoms with Crippen LogP contribution in [-0.4, -0.2) is 0 Å². The van der Waals surface area contributed by atoms with Crippen molar-refractivity contribution in [3.8, 4) is 0 Å². The fourth-order valence-electron chi connectivity index (χ4n) is 1.23. The highest BCUT2D eigenvalue weighted by atomic mass is 35.5. The van der Waals surface area contributed by atoms with E-state index in [1.807, 2.05) is 0 Å². The minimum atomic E-state index is -4.58. The second-order valence-electron chi connectivity index (χ2n) is 2.86. The topological polar surface area (TPSA) is 0 Å². The molecule has 1 aromatic carbocycles. The highest BCUT2D eigenvalue weighted by molar-refractivity contribution is 6.35. The molecule has 0 aliphatic heterocycles. The molecule has 1 aromatic rings. The zero-order valence-corrected chi connectivity index (χ0v) is 9.06. The Balaban J connectivity index is 3.53. The zero-order valence-electron chi connectivity index (χ0n) is 7.55. The Bertz CT molecular complexity index is 385. The highest BCUT2D eigenvalue weighted by Crippen LogP contribution is 2.39. The van der Waals surface area contributed by atoms with E-state index in [-0.39, 0.29) is 12.0 Å². The van der Waals surface area contributed by atoms with Crippen LogP contribution in [0.5, 0.6) is 0 Å². The molecule has 0 N–H and O–H groups in total. The largest absolute Gasteiger partial charge is 0.416 e.